The van der Waals surface area contributed by atoms with Crippen molar-refractivity contribution in [3.63, 3.8) is 0 Å². The van der Waals surface area contributed by atoms with Gasteiger partial charge in [-0.3, -0.25) is 0 Å². The molecule has 15 heavy (non-hydrogen) atoms. The summed E-state index contributed by atoms with van der Waals surface area (Å²) in [6.07, 6.45) is 4.77. The SMILES string of the molecule is COc1c(N)ncnc1-n1cc(Br)cn1. The second-order valence-corrected chi connectivity index (χ2v) is 3.63. The van der Waals surface area contributed by atoms with E-state index in [1.807, 2.05) is 0 Å². The van der Waals surface area contributed by atoms with Crippen LogP contribution in [-0.2, 0) is 0 Å². The summed E-state index contributed by atoms with van der Waals surface area (Å²) in [4.78, 5) is 7.89. The molecule has 7 heteroatoms. The highest BCUT2D eigenvalue weighted by atomic mass is 79.9. The summed E-state index contributed by atoms with van der Waals surface area (Å²) in [6.45, 7) is 0. The average molecular weight is 270 g/mol. The highest BCUT2D eigenvalue weighted by Crippen LogP contribution is 2.25. The molecular weight excluding hydrogens is 262 g/mol. The minimum Gasteiger partial charge on any atom is -0.490 e. The van der Waals surface area contributed by atoms with E-state index < -0.39 is 0 Å². The molecule has 0 aliphatic carbocycles. The first-order valence-corrected chi connectivity index (χ1v) is 4.86. The van der Waals surface area contributed by atoms with Crippen molar-refractivity contribution in [3.8, 4) is 11.6 Å². The number of nitrogens with zero attached hydrogens (tertiary/aromatic N) is 4. The van der Waals surface area contributed by atoms with E-state index in [9.17, 15) is 0 Å². The number of rotatable bonds is 2. The van der Waals surface area contributed by atoms with Gasteiger partial charge in [0.2, 0.25) is 11.6 Å². The number of hydrogen-bond donors (Lipinski definition) is 1. The first-order valence-electron chi connectivity index (χ1n) is 4.07. The minimum absolute atomic E-state index is 0.286. The monoisotopic (exact) mass is 269 g/mol. The predicted molar refractivity (Wildman–Crippen MR) is 57.8 cm³/mol. The molecule has 0 saturated carbocycles. The van der Waals surface area contributed by atoms with E-state index in [0.29, 0.717) is 11.6 Å². The van der Waals surface area contributed by atoms with Gasteiger partial charge in [-0.05, 0) is 15.9 Å². The molecule has 0 radical (unpaired) electrons. The maximum absolute atomic E-state index is 5.65. The van der Waals surface area contributed by atoms with Crippen LogP contribution in [0, 0.1) is 0 Å². The van der Waals surface area contributed by atoms with Gasteiger partial charge in [-0.15, -0.1) is 0 Å². The van der Waals surface area contributed by atoms with Crippen molar-refractivity contribution < 1.29 is 4.74 Å². The van der Waals surface area contributed by atoms with Gasteiger partial charge in [0.05, 0.1) is 17.8 Å². The van der Waals surface area contributed by atoms with Crippen LogP contribution in [-0.4, -0.2) is 26.9 Å². The van der Waals surface area contributed by atoms with E-state index in [1.165, 1.54) is 13.4 Å². The molecule has 2 heterocycles. The summed E-state index contributed by atoms with van der Waals surface area (Å²) in [5, 5.41) is 4.08. The van der Waals surface area contributed by atoms with E-state index in [0.717, 1.165) is 4.47 Å². The molecule has 0 aliphatic heterocycles. The van der Waals surface area contributed by atoms with Crippen molar-refractivity contribution in [2.75, 3.05) is 12.8 Å². The Kier molecular flexibility index (Phi) is 2.55. The number of nitrogen functional groups attached to an aromatic ring is 1. The lowest BCUT2D eigenvalue weighted by atomic mass is 10.5. The summed E-state index contributed by atoms with van der Waals surface area (Å²) in [6, 6.07) is 0. The zero-order valence-corrected chi connectivity index (χ0v) is 9.47. The predicted octanol–water partition coefficient (Wildman–Crippen LogP) is 1.02. The molecule has 0 atom stereocenters. The Morgan fingerprint density at radius 2 is 2.27 bits per heavy atom. The number of nitrogens with two attached hydrogens (primary N) is 1. The quantitative estimate of drug-likeness (QED) is 0.881. The Hall–Kier alpha value is -1.63. The van der Waals surface area contributed by atoms with Crippen molar-refractivity contribution in [1.82, 2.24) is 19.7 Å². The standard InChI is InChI=1S/C8H8BrN5O/c1-15-6-7(10)11-4-12-8(6)14-3-5(9)2-13-14/h2-4H,1H3,(H2,10,11,12). The van der Waals surface area contributed by atoms with Crippen LogP contribution in [0.3, 0.4) is 0 Å². The summed E-state index contributed by atoms with van der Waals surface area (Å²) in [7, 11) is 1.51. The van der Waals surface area contributed by atoms with E-state index in [1.54, 1.807) is 17.1 Å². The van der Waals surface area contributed by atoms with Crippen LogP contribution < -0.4 is 10.5 Å². The molecule has 0 spiro atoms. The third-order valence-electron chi connectivity index (χ3n) is 1.78. The van der Waals surface area contributed by atoms with Gasteiger partial charge in [0.15, 0.2) is 5.82 Å². The van der Waals surface area contributed by atoms with Gasteiger partial charge in [-0.1, -0.05) is 0 Å². The average Bonchev–Trinajstić information content (AvgIpc) is 2.64. The van der Waals surface area contributed by atoms with Gasteiger partial charge in [-0.25, -0.2) is 14.6 Å². The number of ether oxygens (including phenoxy) is 1. The Labute approximate surface area is 94.2 Å². The normalized spacial score (nSPS) is 10.3. The molecule has 6 nitrogen and oxygen atoms in total. The van der Waals surface area contributed by atoms with Crippen molar-refractivity contribution in [2.24, 2.45) is 0 Å². The van der Waals surface area contributed by atoms with Crippen LogP contribution in [0.15, 0.2) is 23.2 Å². The molecule has 0 aromatic carbocycles. The molecule has 0 fully saturated rings. The van der Waals surface area contributed by atoms with E-state index in [4.69, 9.17) is 10.5 Å². The second-order valence-electron chi connectivity index (χ2n) is 2.72. The molecule has 0 amide bonds. The molecular formula is C8H8BrN5O. The lowest BCUT2D eigenvalue weighted by molar-refractivity contribution is 0.409. The molecule has 2 N–H and O–H groups in total. The Bertz CT molecular complexity index is 484. The van der Waals surface area contributed by atoms with Crippen LogP contribution in [0.25, 0.3) is 5.82 Å². The van der Waals surface area contributed by atoms with Crippen LogP contribution in [0.5, 0.6) is 5.75 Å². The lowest BCUT2D eigenvalue weighted by Gasteiger charge is -2.07. The van der Waals surface area contributed by atoms with Crippen LogP contribution in [0.1, 0.15) is 0 Å². The van der Waals surface area contributed by atoms with E-state index in [2.05, 4.69) is 31.0 Å². The third kappa shape index (κ3) is 1.78. The van der Waals surface area contributed by atoms with Crippen molar-refractivity contribution >= 4 is 21.7 Å². The number of methoxy groups -OCH3 is 1. The Morgan fingerprint density at radius 3 is 2.87 bits per heavy atom. The van der Waals surface area contributed by atoms with Crippen LogP contribution in [0.2, 0.25) is 0 Å². The van der Waals surface area contributed by atoms with Gasteiger partial charge in [0.1, 0.15) is 6.33 Å². The van der Waals surface area contributed by atoms with Crippen LogP contribution in [0.4, 0.5) is 5.82 Å². The summed E-state index contributed by atoms with van der Waals surface area (Å²) < 4.78 is 7.52. The maximum atomic E-state index is 5.65. The molecule has 0 saturated heterocycles. The van der Waals surface area contributed by atoms with Gasteiger partial charge >= 0.3 is 0 Å². The third-order valence-corrected chi connectivity index (χ3v) is 2.19. The Balaban J connectivity index is 2.57. The van der Waals surface area contributed by atoms with Gasteiger partial charge in [0, 0.05) is 6.20 Å². The number of halogens is 1. The fraction of sp³-hybridized carbons (Fsp3) is 0.125. The molecule has 2 aromatic rings. The zero-order valence-electron chi connectivity index (χ0n) is 7.88. The van der Waals surface area contributed by atoms with Crippen molar-refractivity contribution in [1.29, 1.82) is 0 Å². The maximum Gasteiger partial charge on any atom is 0.206 e. The van der Waals surface area contributed by atoms with Crippen molar-refractivity contribution in [2.45, 2.75) is 0 Å². The topological polar surface area (TPSA) is 78.9 Å². The van der Waals surface area contributed by atoms with E-state index in [-0.39, 0.29) is 5.82 Å². The first-order chi connectivity index (χ1) is 7.22. The number of anilines is 1. The van der Waals surface area contributed by atoms with E-state index >= 15 is 0 Å². The smallest absolute Gasteiger partial charge is 0.206 e. The number of hydrogen-bond acceptors (Lipinski definition) is 5. The fourth-order valence-corrected chi connectivity index (χ4v) is 1.44. The summed E-state index contributed by atoms with van der Waals surface area (Å²) in [5.41, 5.74) is 5.65. The molecule has 78 valence electrons. The van der Waals surface area contributed by atoms with Gasteiger partial charge in [-0.2, -0.15) is 5.10 Å². The Morgan fingerprint density at radius 1 is 1.47 bits per heavy atom. The molecule has 0 unspecified atom stereocenters. The molecule has 2 rings (SSSR count). The number of aromatic nitrogens is 4. The minimum atomic E-state index is 0.286. The molecule has 0 bridgehead atoms. The fourth-order valence-electron chi connectivity index (χ4n) is 1.15. The van der Waals surface area contributed by atoms with Gasteiger partial charge in [0.25, 0.3) is 0 Å². The van der Waals surface area contributed by atoms with Crippen molar-refractivity contribution in [3.05, 3.63) is 23.2 Å². The second kappa shape index (κ2) is 3.85. The first kappa shape index (κ1) is 9.91. The lowest BCUT2D eigenvalue weighted by Crippen LogP contribution is -2.05. The highest BCUT2D eigenvalue weighted by molar-refractivity contribution is 9.10. The summed E-state index contributed by atoms with van der Waals surface area (Å²) in [5.74, 6) is 1.21. The highest BCUT2D eigenvalue weighted by Gasteiger charge is 2.11. The molecule has 0 aliphatic rings. The zero-order chi connectivity index (χ0) is 10.8. The molecule has 2 aromatic heterocycles. The van der Waals surface area contributed by atoms with Gasteiger partial charge < -0.3 is 10.5 Å². The summed E-state index contributed by atoms with van der Waals surface area (Å²) >= 11 is 3.30. The largest absolute Gasteiger partial charge is 0.490 e. The van der Waals surface area contributed by atoms with Crippen LogP contribution >= 0.6 is 15.9 Å².